The van der Waals surface area contributed by atoms with E-state index in [0.29, 0.717) is 5.71 Å². The lowest BCUT2D eigenvalue weighted by molar-refractivity contribution is 0.450. The molecule has 0 saturated heterocycles. The molecule has 0 aromatic carbocycles. The fourth-order valence-electron chi connectivity index (χ4n) is 0.737. The zero-order chi connectivity index (χ0) is 6.27. The van der Waals surface area contributed by atoms with Gasteiger partial charge in [0.05, 0.1) is 6.20 Å². The van der Waals surface area contributed by atoms with Gasteiger partial charge in [0, 0.05) is 6.07 Å². The third kappa shape index (κ3) is 0.495. The Morgan fingerprint density at radius 1 is 1.67 bits per heavy atom. The van der Waals surface area contributed by atoms with Gasteiger partial charge in [-0.05, 0) is 0 Å². The van der Waals surface area contributed by atoms with Crippen molar-refractivity contribution >= 4 is 5.71 Å². The summed E-state index contributed by atoms with van der Waals surface area (Å²) in [5.41, 5.74) is 0.549. The first-order valence-corrected chi connectivity index (χ1v) is 2.47. The topological polar surface area (TPSA) is 50.7 Å². The lowest BCUT2D eigenvalue weighted by atomic mass is 10.6. The van der Waals surface area contributed by atoms with Crippen molar-refractivity contribution < 1.29 is 9.63 Å². The second-order valence-corrected chi connectivity index (χ2v) is 1.76. The van der Waals surface area contributed by atoms with Crippen molar-refractivity contribution in [1.82, 2.24) is 9.56 Å². The Bertz CT molecular complexity index is 294. The Morgan fingerprint density at radius 2 is 2.56 bits per heavy atom. The molecule has 0 saturated carbocycles. The molecule has 0 unspecified atom stereocenters. The van der Waals surface area contributed by atoms with Gasteiger partial charge in [0.15, 0.2) is 0 Å². The van der Waals surface area contributed by atoms with E-state index in [9.17, 15) is 0 Å². The SMILES string of the molecule is Oc1cc2oncn2c1. The first kappa shape index (κ1) is 4.43. The van der Waals surface area contributed by atoms with Crippen molar-refractivity contribution in [3.05, 3.63) is 18.6 Å². The van der Waals surface area contributed by atoms with Crippen LogP contribution in [0.25, 0.3) is 5.71 Å². The van der Waals surface area contributed by atoms with Crippen LogP contribution < -0.4 is 0 Å². The second kappa shape index (κ2) is 1.28. The molecular weight excluding hydrogens is 120 g/mol. The van der Waals surface area contributed by atoms with Gasteiger partial charge in [0.2, 0.25) is 5.71 Å². The molecule has 0 amide bonds. The van der Waals surface area contributed by atoms with Crippen LogP contribution in [0.4, 0.5) is 0 Å². The number of rotatable bonds is 0. The Kier molecular flexibility index (Phi) is 0.631. The average Bonchev–Trinajstić information content (AvgIpc) is 2.22. The van der Waals surface area contributed by atoms with Crippen molar-refractivity contribution in [3.63, 3.8) is 0 Å². The third-order valence-corrected chi connectivity index (χ3v) is 1.11. The maximum Gasteiger partial charge on any atom is 0.238 e. The minimum atomic E-state index is 0.191. The highest BCUT2D eigenvalue weighted by Crippen LogP contribution is 2.13. The molecule has 0 fully saturated rings. The van der Waals surface area contributed by atoms with Crippen LogP contribution in [0.3, 0.4) is 0 Å². The maximum atomic E-state index is 8.84. The van der Waals surface area contributed by atoms with Gasteiger partial charge in [-0.3, -0.25) is 4.40 Å². The monoisotopic (exact) mass is 124 g/mol. The molecule has 9 heavy (non-hydrogen) atoms. The van der Waals surface area contributed by atoms with Crippen molar-refractivity contribution in [2.24, 2.45) is 0 Å². The normalized spacial score (nSPS) is 10.7. The number of aromatic hydroxyl groups is 1. The minimum Gasteiger partial charge on any atom is -0.506 e. The third-order valence-electron chi connectivity index (χ3n) is 1.11. The van der Waals surface area contributed by atoms with Gasteiger partial charge in [0.1, 0.15) is 12.1 Å². The summed E-state index contributed by atoms with van der Waals surface area (Å²) in [7, 11) is 0. The van der Waals surface area contributed by atoms with E-state index in [2.05, 4.69) is 5.16 Å². The van der Waals surface area contributed by atoms with Crippen LogP contribution in [-0.2, 0) is 0 Å². The lowest BCUT2D eigenvalue weighted by Gasteiger charge is -1.71. The summed E-state index contributed by atoms with van der Waals surface area (Å²) in [5, 5.41) is 12.3. The molecule has 0 atom stereocenters. The first-order valence-electron chi connectivity index (χ1n) is 2.47. The number of fused-ring (bicyclic) bond motifs is 1. The van der Waals surface area contributed by atoms with E-state index in [1.807, 2.05) is 0 Å². The fraction of sp³-hybridized carbons (Fsp3) is 0. The highest BCUT2D eigenvalue weighted by atomic mass is 16.5. The van der Waals surface area contributed by atoms with Crippen LogP contribution in [0.1, 0.15) is 0 Å². The Labute approximate surface area is 50.3 Å². The van der Waals surface area contributed by atoms with Crippen LogP contribution in [0.15, 0.2) is 23.1 Å². The van der Waals surface area contributed by atoms with Crippen LogP contribution in [0.5, 0.6) is 5.75 Å². The van der Waals surface area contributed by atoms with Crippen LogP contribution in [0, 0.1) is 0 Å². The molecule has 4 nitrogen and oxygen atoms in total. The molecule has 2 aromatic rings. The van der Waals surface area contributed by atoms with Gasteiger partial charge in [-0.25, -0.2) is 0 Å². The minimum absolute atomic E-state index is 0.191. The van der Waals surface area contributed by atoms with E-state index in [4.69, 9.17) is 9.63 Å². The Hall–Kier alpha value is -1.45. The molecule has 1 N–H and O–H groups in total. The Balaban J connectivity index is 2.92. The predicted octanol–water partition coefficient (Wildman–Crippen LogP) is 0.633. The summed E-state index contributed by atoms with van der Waals surface area (Å²) in [6.07, 6.45) is 3.00. The zero-order valence-electron chi connectivity index (χ0n) is 4.48. The van der Waals surface area contributed by atoms with E-state index in [1.54, 1.807) is 4.40 Å². The average molecular weight is 124 g/mol. The molecule has 4 heteroatoms. The number of nitrogens with zero attached hydrogens (tertiary/aromatic N) is 2. The van der Waals surface area contributed by atoms with Gasteiger partial charge < -0.3 is 9.63 Å². The highest BCUT2D eigenvalue weighted by Gasteiger charge is 1.98. The predicted molar refractivity (Wildman–Crippen MR) is 29.1 cm³/mol. The largest absolute Gasteiger partial charge is 0.506 e. The zero-order valence-corrected chi connectivity index (χ0v) is 4.48. The van der Waals surface area contributed by atoms with Gasteiger partial charge in [-0.2, -0.15) is 0 Å². The van der Waals surface area contributed by atoms with Crippen molar-refractivity contribution in [2.75, 3.05) is 0 Å². The van der Waals surface area contributed by atoms with Gasteiger partial charge in [-0.15, -0.1) is 0 Å². The molecule has 2 heterocycles. The van der Waals surface area contributed by atoms with Gasteiger partial charge in [0.25, 0.3) is 0 Å². The van der Waals surface area contributed by atoms with Gasteiger partial charge in [-0.1, -0.05) is 5.16 Å². The highest BCUT2D eigenvalue weighted by molar-refractivity contribution is 5.41. The molecule has 0 bridgehead atoms. The van der Waals surface area contributed by atoms with E-state index >= 15 is 0 Å². The van der Waals surface area contributed by atoms with Crippen LogP contribution in [-0.4, -0.2) is 14.7 Å². The van der Waals surface area contributed by atoms with Crippen molar-refractivity contribution in [3.8, 4) is 5.75 Å². The molecule has 0 aliphatic carbocycles. The molecule has 0 aliphatic rings. The van der Waals surface area contributed by atoms with Gasteiger partial charge >= 0.3 is 0 Å². The first-order chi connectivity index (χ1) is 4.36. The van der Waals surface area contributed by atoms with Crippen LogP contribution in [0.2, 0.25) is 0 Å². The molecular formula is C5H4N2O2. The summed E-state index contributed by atoms with van der Waals surface area (Å²) in [6, 6.07) is 1.49. The summed E-state index contributed by atoms with van der Waals surface area (Å²) in [4.78, 5) is 0. The summed E-state index contributed by atoms with van der Waals surface area (Å²) >= 11 is 0. The molecule has 2 rings (SSSR count). The lowest BCUT2D eigenvalue weighted by Crippen LogP contribution is -1.66. The van der Waals surface area contributed by atoms with E-state index in [0.717, 1.165) is 0 Å². The molecule has 0 radical (unpaired) electrons. The summed E-state index contributed by atoms with van der Waals surface area (Å²) in [5.74, 6) is 0.191. The van der Waals surface area contributed by atoms with E-state index in [-0.39, 0.29) is 5.75 Å². The molecule has 0 aliphatic heterocycles. The van der Waals surface area contributed by atoms with Crippen molar-refractivity contribution in [1.29, 1.82) is 0 Å². The molecule has 0 spiro atoms. The quantitative estimate of drug-likeness (QED) is 0.560. The molecule has 2 aromatic heterocycles. The van der Waals surface area contributed by atoms with Crippen LogP contribution >= 0.6 is 0 Å². The fourth-order valence-corrected chi connectivity index (χ4v) is 0.737. The van der Waals surface area contributed by atoms with E-state index in [1.165, 1.54) is 18.6 Å². The molecule has 46 valence electrons. The number of hydrogen-bond donors (Lipinski definition) is 1. The Morgan fingerprint density at radius 3 is 3.33 bits per heavy atom. The summed E-state index contributed by atoms with van der Waals surface area (Å²) in [6.45, 7) is 0. The van der Waals surface area contributed by atoms with E-state index < -0.39 is 0 Å². The second-order valence-electron chi connectivity index (χ2n) is 1.76. The smallest absolute Gasteiger partial charge is 0.238 e. The van der Waals surface area contributed by atoms with Crippen molar-refractivity contribution in [2.45, 2.75) is 0 Å². The standard InChI is InChI=1S/C5H4N2O2/c8-4-1-5-7(2-4)3-6-9-5/h1-3,8H. The number of aromatic nitrogens is 2. The number of hydrogen-bond acceptors (Lipinski definition) is 3. The maximum absolute atomic E-state index is 8.84. The summed E-state index contributed by atoms with van der Waals surface area (Å²) < 4.78 is 6.28.